The minimum Gasteiger partial charge on any atom is -0.492 e. The minimum absolute atomic E-state index is 0.206. The molecule has 1 atom stereocenters. The molecule has 4 aromatic carbocycles. The Bertz CT molecular complexity index is 1800. The lowest BCUT2D eigenvalue weighted by atomic mass is 9.69. The van der Waals surface area contributed by atoms with E-state index in [0.717, 1.165) is 58.2 Å². The van der Waals surface area contributed by atoms with Crippen molar-refractivity contribution in [3.05, 3.63) is 101 Å². The van der Waals surface area contributed by atoms with Crippen LogP contribution < -0.4 is 14.4 Å². The maximum absolute atomic E-state index is 13.3. The zero-order valence-corrected chi connectivity index (χ0v) is 26.1. The Morgan fingerprint density at radius 2 is 1.71 bits per heavy atom. The number of fused-ring (bicyclic) bond motifs is 4. The first-order chi connectivity index (χ1) is 20.2. The van der Waals surface area contributed by atoms with Gasteiger partial charge in [-0.1, -0.05) is 68.8 Å². The van der Waals surface area contributed by atoms with Gasteiger partial charge in [0.1, 0.15) is 23.0 Å². The molecule has 2 heterocycles. The summed E-state index contributed by atoms with van der Waals surface area (Å²) in [5.74, 6) is 1.19. The van der Waals surface area contributed by atoms with E-state index >= 15 is 0 Å². The van der Waals surface area contributed by atoms with Crippen LogP contribution in [0.15, 0.2) is 83.8 Å². The number of aryl methyl sites for hydroxylation is 1. The molecule has 0 saturated heterocycles. The molecule has 0 aromatic heterocycles. The zero-order valence-electron chi connectivity index (χ0n) is 24.5. The smallest absolute Gasteiger partial charge is 0.212 e. The number of hydrogen-bond donors (Lipinski definition) is 0. The van der Waals surface area contributed by atoms with Crippen LogP contribution in [0.3, 0.4) is 0 Å². The SMILES string of the molecule is CCc1ccc2c3c(c(S(C)(=O)=O)cc2c1)OC1(C=C3)N(CCOc2ccccc2)c2ccc(Cl)cc2C1(CC)CC. The Labute approximate surface area is 253 Å². The third-order valence-electron chi connectivity index (χ3n) is 9.09. The summed E-state index contributed by atoms with van der Waals surface area (Å²) < 4.78 is 40.0. The summed E-state index contributed by atoms with van der Waals surface area (Å²) >= 11 is 6.60. The van der Waals surface area contributed by atoms with Crippen LogP contribution in [-0.2, 0) is 21.7 Å². The summed E-state index contributed by atoms with van der Waals surface area (Å²) in [5, 5.41) is 2.52. The minimum atomic E-state index is -3.62. The zero-order chi connectivity index (χ0) is 29.7. The van der Waals surface area contributed by atoms with E-state index in [1.807, 2.05) is 48.5 Å². The highest BCUT2D eigenvalue weighted by Crippen LogP contribution is 2.59. The van der Waals surface area contributed by atoms with Crippen LogP contribution in [0.25, 0.3) is 16.8 Å². The number of para-hydroxylation sites is 1. The predicted octanol–water partition coefficient (Wildman–Crippen LogP) is 8.22. The van der Waals surface area contributed by atoms with Gasteiger partial charge in [0.2, 0.25) is 5.72 Å². The summed E-state index contributed by atoms with van der Waals surface area (Å²) in [6, 6.07) is 23.8. The van der Waals surface area contributed by atoms with Gasteiger partial charge in [0.15, 0.2) is 9.84 Å². The molecule has 2 aliphatic rings. The van der Waals surface area contributed by atoms with Gasteiger partial charge in [0.05, 0.1) is 12.0 Å². The van der Waals surface area contributed by atoms with Crippen molar-refractivity contribution >= 4 is 44.0 Å². The van der Waals surface area contributed by atoms with Crippen LogP contribution in [0.5, 0.6) is 11.5 Å². The molecule has 1 unspecified atom stereocenters. The van der Waals surface area contributed by atoms with Crippen molar-refractivity contribution in [3.63, 3.8) is 0 Å². The van der Waals surface area contributed by atoms with Gasteiger partial charge in [-0.2, -0.15) is 0 Å². The molecule has 0 amide bonds. The van der Waals surface area contributed by atoms with E-state index in [-0.39, 0.29) is 4.90 Å². The number of hydrogen-bond acceptors (Lipinski definition) is 5. The number of nitrogens with zero attached hydrogens (tertiary/aromatic N) is 1. The third-order valence-corrected chi connectivity index (χ3v) is 10.4. The van der Waals surface area contributed by atoms with Crippen molar-refractivity contribution in [2.75, 3.05) is 24.3 Å². The van der Waals surface area contributed by atoms with Crippen LogP contribution in [0, 0.1) is 0 Å². The number of benzene rings is 4. The summed E-state index contributed by atoms with van der Waals surface area (Å²) in [6.07, 6.45) is 7.85. The van der Waals surface area contributed by atoms with Crippen LogP contribution >= 0.6 is 11.6 Å². The average Bonchev–Trinajstić information content (AvgIpc) is 3.20. The second-order valence-corrected chi connectivity index (χ2v) is 13.6. The van der Waals surface area contributed by atoms with Gasteiger partial charge < -0.3 is 14.4 Å². The standard InChI is InChI=1S/C35H36ClNO4S/c1-5-24-13-15-28-25(21-24)22-32(42(4,38)39)33-29(28)17-18-35(41-33)34(6-2,7-3)30-23-26(36)14-16-31(30)37(35)19-20-40-27-11-9-8-10-12-27/h8-18,21-23H,5-7,19-20H2,1-4H3. The molecule has 7 heteroatoms. The molecule has 42 heavy (non-hydrogen) atoms. The molecule has 0 fully saturated rings. The summed E-state index contributed by atoms with van der Waals surface area (Å²) in [7, 11) is -3.62. The van der Waals surface area contributed by atoms with E-state index in [9.17, 15) is 8.42 Å². The predicted molar refractivity (Wildman–Crippen MR) is 172 cm³/mol. The summed E-state index contributed by atoms with van der Waals surface area (Å²) in [4.78, 5) is 2.45. The fourth-order valence-corrected chi connectivity index (χ4v) is 7.95. The molecule has 218 valence electrons. The number of rotatable bonds is 8. The van der Waals surface area contributed by atoms with Gasteiger partial charge in [-0.3, -0.25) is 0 Å². The molecule has 0 N–H and O–H groups in total. The van der Waals surface area contributed by atoms with E-state index in [0.29, 0.717) is 23.9 Å². The Hall–Kier alpha value is -3.48. The van der Waals surface area contributed by atoms with Crippen molar-refractivity contribution in [1.29, 1.82) is 0 Å². The highest BCUT2D eigenvalue weighted by atomic mass is 35.5. The Morgan fingerprint density at radius 1 is 0.952 bits per heavy atom. The molecular weight excluding hydrogens is 566 g/mol. The van der Waals surface area contributed by atoms with E-state index in [2.05, 4.69) is 56.0 Å². The highest BCUT2D eigenvalue weighted by molar-refractivity contribution is 7.90. The quantitative estimate of drug-likeness (QED) is 0.204. The second-order valence-electron chi connectivity index (χ2n) is 11.2. The van der Waals surface area contributed by atoms with Gasteiger partial charge in [0, 0.05) is 22.5 Å². The van der Waals surface area contributed by atoms with E-state index in [4.69, 9.17) is 21.1 Å². The van der Waals surface area contributed by atoms with Gasteiger partial charge in [-0.05, 0) is 89.7 Å². The van der Waals surface area contributed by atoms with Crippen molar-refractivity contribution in [2.24, 2.45) is 0 Å². The number of halogens is 1. The summed E-state index contributed by atoms with van der Waals surface area (Å²) in [6.45, 7) is 7.36. The van der Waals surface area contributed by atoms with Gasteiger partial charge >= 0.3 is 0 Å². The molecule has 0 aliphatic carbocycles. The molecule has 0 bridgehead atoms. The molecule has 1 spiro atoms. The van der Waals surface area contributed by atoms with E-state index < -0.39 is 21.0 Å². The van der Waals surface area contributed by atoms with Gasteiger partial charge in [-0.25, -0.2) is 8.42 Å². The lowest BCUT2D eigenvalue weighted by Gasteiger charge is -2.50. The van der Waals surface area contributed by atoms with Crippen molar-refractivity contribution in [1.82, 2.24) is 0 Å². The fourth-order valence-electron chi connectivity index (χ4n) is 6.95. The van der Waals surface area contributed by atoms with Gasteiger partial charge in [0.25, 0.3) is 0 Å². The fraction of sp³-hybridized carbons (Fsp3) is 0.314. The number of anilines is 1. The van der Waals surface area contributed by atoms with E-state index in [1.54, 1.807) is 6.07 Å². The largest absolute Gasteiger partial charge is 0.492 e. The first-order valence-electron chi connectivity index (χ1n) is 14.6. The highest BCUT2D eigenvalue weighted by Gasteiger charge is 2.62. The lowest BCUT2D eigenvalue weighted by Crippen LogP contribution is -2.62. The maximum atomic E-state index is 13.3. The summed E-state index contributed by atoms with van der Waals surface area (Å²) in [5.41, 5.74) is 2.57. The van der Waals surface area contributed by atoms with Crippen LogP contribution in [0.2, 0.25) is 5.02 Å². The number of ether oxygens (including phenoxy) is 2. The van der Waals surface area contributed by atoms with Gasteiger partial charge in [-0.15, -0.1) is 0 Å². The second kappa shape index (κ2) is 10.7. The maximum Gasteiger partial charge on any atom is 0.212 e. The Kier molecular flexibility index (Phi) is 7.27. The molecular formula is C35H36ClNO4S. The molecule has 2 aliphatic heterocycles. The first-order valence-corrected chi connectivity index (χ1v) is 16.9. The number of sulfone groups is 1. The van der Waals surface area contributed by atoms with Crippen LogP contribution in [-0.4, -0.2) is 33.6 Å². The normalized spacial score (nSPS) is 18.6. The van der Waals surface area contributed by atoms with Crippen LogP contribution in [0.1, 0.15) is 50.3 Å². The Morgan fingerprint density at radius 3 is 2.40 bits per heavy atom. The van der Waals surface area contributed by atoms with Crippen LogP contribution in [0.4, 0.5) is 5.69 Å². The molecule has 6 rings (SSSR count). The molecule has 0 radical (unpaired) electrons. The lowest BCUT2D eigenvalue weighted by molar-refractivity contribution is 0.0263. The Balaban J connectivity index is 1.55. The molecule has 5 nitrogen and oxygen atoms in total. The monoisotopic (exact) mass is 601 g/mol. The molecule has 0 saturated carbocycles. The van der Waals surface area contributed by atoms with Crippen molar-refractivity contribution in [3.8, 4) is 11.5 Å². The van der Waals surface area contributed by atoms with Crippen molar-refractivity contribution in [2.45, 2.75) is 56.1 Å². The van der Waals surface area contributed by atoms with E-state index in [1.165, 1.54) is 6.26 Å². The average molecular weight is 602 g/mol. The third kappa shape index (κ3) is 4.38. The first kappa shape index (κ1) is 28.6. The topological polar surface area (TPSA) is 55.8 Å². The molecule has 4 aromatic rings. The van der Waals surface area contributed by atoms with Crippen molar-refractivity contribution < 1.29 is 17.9 Å².